The summed E-state index contributed by atoms with van der Waals surface area (Å²) in [6.07, 6.45) is -4.49. The molecule has 1 saturated heterocycles. The van der Waals surface area contributed by atoms with Crippen LogP contribution in [0.3, 0.4) is 0 Å². The molecule has 4 amide bonds. The molecular formula is C30H34F3N5O4. The summed E-state index contributed by atoms with van der Waals surface area (Å²) in [6, 6.07) is 11.3. The maximum Gasteiger partial charge on any atom is 0.416 e. The second-order valence-electron chi connectivity index (χ2n) is 10.5. The minimum Gasteiger partial charge on any atom is -0.379 e. The zero-order valence-electron chi connectivity index (χ0n) is 23.3. The number of hydrogen-bond donors (Lipinski definition) is 2. The lowest BCUT2D eigenvalue weighted by molar-refractivity contribution is -0.138. The van der Waals surface area contributed by atoms with E-state index in [1.54, 1.807) is 6.92 Å². The van der Waals surface area contributed by atoms with Gasteiger partial charge in [0, 0.05) is 39.1 Å². The number of halogens is 3. The van der Waals surface area contributed by atoms with Crippen molar-refractivity contribution in [2.75, 3.05) is 52.5 Å². The lowest BCUT2D eigenvalue weighted by Crippen LogP contribution is -2.51. The molecule has 3 aliphatic rings. The zero-order valence-corrected chi connectivity index (χ0v) is 23.3. The van der Waals surface area contributed by atoms with Crippen LogP contribution in [0.4, 0.5) is 18.0 Å². The Bertz CT molecular complexity index is 1340. The quantitative estimate of drug-likeness (QED) is 0.472. The Hall–Kier alpha value is -3.90. The highest BCUT2D eigenvalue weighted by molar-refractivity contribution is 6.03. The van der Waals surface area contributed by atoms with E-state index in [4.69, 9.17) is 4.74 Å². The largest absolute Gasteiger partial charge is 0.416 e. The number of morpholine rings is 1. The molecule has 3 heterocycles. The van der Waals surface area contributed by atoms with E-state index in [0.717, 1.165) is 24.7 Å². The Morgan fingerprint density at radius 1 is 1.07 bits per heavy atom. The number of urea groups is 1. The number of nitrogens with one attached hydrogen (secondary N) is 2. The van der Waals surface area contributed by atoms with E-state index in [1.165, 1.54) is 28.0 Å². The highest BCUT2D eigenvalue weighted by Gasteiger charge is 2.48. The molecule has 0 saturated carbocycles. The fourth-order valence-corrected chi connectivity index (χ4v) is 5.80. The highest BCUT2D eigenvalue weighted by atomic mass is 19.4. The third-order valence-corrected chi connectivity index (χ3v) is 7.92. The number of hydrogen-bond acceptors (Lipinski definition) is 5. The fraction of sp³-hybridized carbons (Fsp3) is 0.433. The van der Waals surface area contributed by atoms with Gasteiger partial charge in [-0.1, -0.05) is 48.5 Å². The number of likely N-dealkylation sites (N-methyl/N-ethyl adjacent to an activating group) is 1. The SMILES string of the molecule is CCN1C(=O)N[C@@H](c2ccccc2C(F)(F)F)C2=C1CN([C@H](Cc1ccccc1)C(=O)NCCN1CCOCC1)C2=O. The van der Waals surface area contributed by atoms with Crippen LogP contribution >= 0.6 is 0 Å². The summed E-state index contributed by atoms with van der Waals surface area (Å²) in [7, 11) is 0. The summed E-state index contributed by atoms with van der Waals surface area (Å²) < 4.78 is 47.4. The van der Waals surface area contributed by atoms with Crippen molar-refractivity contribution in [2.45, 2.75) is 31.6 Å². The first kappa shape index (κ1) is 29.6. The molecule has 0 radical (unpaired) electrons. The number of carbonyl (C=O) groups is 3. The van der Waals surface area contributed by atoms with Gasteiger partial charge in [0.25, 0.3) is 5.91 Å². The third-order valence-electron chi connectivity index (χ3n) is 7.92. The van der Waals surface area contributed by atoms with E-state index < -0.39 is 35.8 Å². The lowest BCUT2D eigenvalue weighted by Gasteiger charge is -2.33. The first-order chi connectivity index (χ1) is 20.2. The average molecular weight is 586 g/mol. The Morgan fingerprint density at radius 2 is 1.76 bits per heavy atom. The Morgan fingerprint density at radius 3 is 2.45 bits per heavy atom. The Labute approximate surface area is 242 Å². The summed E-state index contributed by atoms with van der Waals surface area (Å²) in [4.78, 5) is 45.8. The van der Waals surface area contributed by atoms with Gasteiger partial charge in [-0.05, 0) is 24.1 Å². The van der Waals surface area contributed by atoms with Gasteiger partial charge in [0.1, 0.15) is 6.04 Å². The second kappa shape index (κ2) is 12.5. The molecule has 0 spiro atoms. The van der Waals surface area contributed by atoms with Crippen LogP contribution in [0.2, 0.25) is 0 Å². The number of amides is 4. The van der Waals surface area contributed by atoms with E-state index in [-0.39, 0.29) is 36.6 Å². The van der Waals surface area contributed by atoms with Gasteiger partial charge in [0.15, 0.2) is 0 Å². The molecule has 0 aliphatic carbocycles. The van der Waals surface area contributed by atoms with Crippen LogP contribution in [0.1, 0.15) is 29.7 Å². The van der Waals surface area contributed by atoms with Crippen molar-refractivity contribution in [3.8, 4) is 0 Å². The molecule has 0 bridgehead atoms. The van der Waals surface area contributed by atoms with Crippen LogP contribution in [-0.2, 0) is 26.9 Å². The van der Waals surface area contributed by atoms with Gasteiger partial charge in [-0.25, -0.2) is 4.79 Å². The van der Waals surface area contributed by atoms with Gasteiger partial charge >= 0.3 is 12.2 Å². The van der Waals surface area contributed by atoms with Crippen molar-refractivity contribution in [3.05, 3.63) is 82.6 Å². The molecule has 2 aromatic rings. The van der Waals surface area contributed by atoms with Crippen LogP contribution in [0.15, 0.2) is 65.9 Å². The summed E-state index contributed by atoms with van der Waals surface area (Å²) >= 11 is 0. The number of alkyl halides is 3. The molecule has 2 aromatic carbocycles. The van der Waals surface area contributed by atoms with E-state index in [1.807, 2.05) is 30.3 Å². The second-order valence-corrected chi connectivity index (χ2v) is 10.5. The average Bonchev–Trinajstić information content (AvgIpc) is 3.32. The van der Waals surface area contributed by atoms with E-state index in [2.05, 4.69) is 15.5 Å². The van der Waals surface area contributed by atoms with Gasteiger partial charge in [-0.2, -0.15) is 13.2 Å². The molecule has 5 rings (SSSR count). The molecule has 42 heavy (non-hydrogen) atoms. The zero-order chi connectivity index (χ0) is 29.9. The third kappa shape index (κ3) is 6.14. The molecule has 0 aromatic heterocycles. The molecule has 12 heteroatoms. The van der Waals surface area contributed by atoms with Crippen LogP contribution in [0.5, 0.6) is 0 Å². The smallest absolute Gasteiger partial charge is 0.379 e. The molecule has 224 valence electrons. The maximum atomic E-state index is 14.1. The van der Waals surface area contributed by atoms with E-state index in [0.29, 0.717) is 32.0 Å². The van der Waals surface area contributed by atoms with Crippen LogP contribution in [-0.4, -0.2) is 91.1 Å². The van der Waals surface area contributed by atoms with Crippen molar-refractivity contribution >= 4 is 17.8 Å². The fourth-order valence-electron chi connectivity index (χ4n) is 5.80. The number of ether oxygens (including phenoxy) is 1. The van der Waals surface area contributed by atoms with E-state index in [9.17, 15) is 27.6 Å². The van der Waals surface area contributed by atoms with Crippen molar-refractivity contribution in [1.29, 1.82) is 0 Å². The summed E-state index contributed by atoms with van der Waals surface area (Å²) in [5.74, 6) is -0.940. The Balaban J connectivity index is 1.45. The minimum atomic E-state index is -4.69. The monoisotopic (exact) mass is 585 g/mol. The number of rotatable bonds is 9. The van der Waals surface area contributed by atoms with Crippen LogP contribution in [0, 0.1) is 0 Å². The maximum absolute atomic E-state index is 14.1. The van der Waals surface area contributed by atoms with Gasteiger partial charge in [-0.3, -0.25) is 19.4 Å². The summed E-state index contributed by atoms with van der Waals surface area (Å²) in [6.45, 7) is 5.62. The summed E-state index contributed by atoms with van der Waals surface area (Å²) in [5.41, 5.74) is 0.0372. The molecule has 0 unspecified atom stereocenters. The topological polar surface area (TPSA) is 94.2 Å². The van der Waals surface area contributed by atoms with E-state index >= 15 is 0 Å². The summed E-state index contributed by atoms with van der Waals surface area (Å²) in [5, 5.41) is 5.58. The molecule has 2 N–H and O–H groups in total. The number of benzene rings is 2. The van der Waals surface area contributed by atoms with Gasteiger partial charge < -0.3 is 20.3 Å². The van der Waals surface area contributed by atoms with Gasteiger partial charge in [-0.15, -0.1) is 0 Å². The predicted octanol–water partition coefficient (Wildman–Crippen LogP) is 2.95. The van der Waals surface area contributed by atoms with Gasteiger partial charge in [0.2, 0.25) is 5.91 Å². The van der Waals surface area contributed by atoms with Crippen molar-refractivity contribution < 1.29 is 32.3 Å². The molecule has 9 nitrogen and oxygen atoms in total. The molecule has 1 fully saturated rings. The predicted molar refractivity (Wildman–Crippen MR) is 148 cm³/mol. The van der Waals surface area contributed by atoms with Crippen LogP contribution in [0.25, 0.3) is 0 Å². The molecule has 2 atom stereocenters. The van der Waals surface area contributed by atoms with Crippen LogP contribution < -0.4 is 10.6 Å². The number of nitrogens with zero attached hydrogens (tertiary/aromatic N) is 3. The first-order valence-electron chi connectivity index (χ1n) is 14.1. The minimum absolute atomic E-state index is 0.0485. The molecular weight excluding hydrogens is 551 g/mol. The van der Waals surface area contributed by atoms with Crippen molar-refractivity contribution in [1.82, 2.24) is 25.3 Å². The standard InChI is InChI=1S/C30H34F3N5O4/c1-2-37-24-19-38(28(40)25(24)26(35-29(37)41)21-10-6-7-11-22(21)30(31,32)33)23(18-20-8-4-3-5-9-20)27(39)34-12-13-36-14-16-42-17-15-36/h3-11,23,26H,2,12-19H2,1H3,(H,34,39)(H,35,41)/t23-,26+/m1/s1. The first-order valence-corrected chi connectivity index (χ1v) is 14.1. The number of carbonyl (C=O) groups excluding carboxylic acids is 3. The Kier molecular flexibility index (Phi) is 8.83. The van der Waals surface area contributed by atoms with Gasteiger partial charge in [0.05, 0.1) is 42.6 Å². The highest BCUT2D eigenvalue weighted by Crippen LogP contribution is 2.42. The normalized spacial score (nSPS) is 20.4. The van der Waals surface area contributed by atoms with Crippen molar-refractivity contribution in [3.63, 3.8) is 0 Å². The molecule has 3 aliphatic heterocycles. The van der Waals surface area contributed by atoms with Crippen molar-refractivity contribution in [2.24, 2.45) is 0 Å². The lowest BCUT2D eigenvalue weighted by atomic mass is 9.91.